The Balaban J connectivity index is 1.63. The minimum Gasteiger partial charge on any atom is -0.497 e. The number of nitrogen functional groups attached to an aromatic ring is 1. The van der Waals surface area contributed by atoms with Crippen LogP contribution < -0.4 is 15.8 Å². The number of nitrogens with zero attached hydrogens (tertiary/aromatic N) is 3. The molecule has 0 saturated heterocycles. The summed E-state index contributed by atoms with van der Waals surface area (Å²) in [5.41, 5.74) is 8.48. The van der Waals surface area contributed by atoms with Crippen LogP contribution in [0.3, 0.4) is 0 Å². The molecule has 0 radical (unpaired) electrons. The summed E-state index contributed by atoms with van der Waals surface area (Å²) in [7, 11) is 1.62. The van der Waals surface area contributed by atoms with Gasteiger partial charge in [-0.25, -0.2) is 4.98 Å². The van der Waals surface area contributed by atoms with Crippen molar-refractivity contribution in [1.82, 2.24) is 19.9 Å². The Bertz CT molecular complexity index is 812. The third-order valence-electron chi connectivity index (χ3n) is 3.41. The van der Waals surface area contributed by atoms with Crippen molar-refractivity contribution in [1.29, 1.82) is 0 Å². The number of hydrogen-bond donors (Lipinski definition) is 2. The molecular weight excluding hydrogens is 326 g/mol. The molecule has 3 rings (SSSR count). The number of methoxy groups -OCH3 is 1. The molecule has 0 atom stereocenters. The van der Waals surface area contributed by atoms with Crippen LogP contribution in [0, 0.1) is 0 Å². The molecule has 1 aromatic carbocycles. The number of aromatic nitrogens is 3. The Labute approximate surface area is 143 Å². The van der Waals surface area contributed by atoms with Crippen molar-refractivity contribution in [3.05, 3.63) is 47.7 Å². The number of ether oxygens (including phenoxy) is 1. The molecule has 7 nitrogen and oxygen atoms in total. The maximum absolute atomic E-state index is 12.2. The van der Waals surface area contributed by atoms with E-state index in [2.05, 4.69) is 15.3 Å². The predicted octanol–water partition coefficient (Wildman–Crippen LogP) is 1.91. The largest absolute Gasteiger partial charge is 0.497 e. The fourth-order valence-electron chi connectivity index (χ4n) is 2.23. The van der Waals surface area contributed by atoms with E-state index in [1.165, 1.54) is 11.3 Å². The molecule has 0 fully saturated rings. The summed E-state index contributed by atoms with van der Waals surface area (Å²) in [6.07, 6.45) is 3.36. The molecule has 2 heterocycles. The highest BCUT2D eigenvalue weighted by atomic mass is 32.1. The van der Waals surface area contributed by atoms with Gasteiger partial charge in [0.05, 0.1) is 17.5 Å². The lowest BCUT2D eigenvalue weighted by Crippen LogP contribution is -2.27. The van der Waals surface area contributed by atoms with E-state index in [-0.39, 0.29) is 12.5 Å². The number of imidazole rings is 1. The molecule has 0 aliphatic heterocycles. The van der Waals surface area contributed by atoms with E-state index in [4.69, 9.17) is 10.5 Å². The highest BCUT2D eigenvalue weighted by Crippen LogP contribution is 2.23. The summed E-state index contributed by atoms with van der Waals surface area (Å²) < 4.78 is 6.84. The quantitative estimate of drug-likeness (QED) is 0.713. The minimum atomic E-state index is -0.117. The second kappa shape index (κ2) is 7.14. The van der Waals surface area contributed by atoms with Crippen molar-refractivity contribution in [2.24, 2.45) is 0 Å². The average Bonchev–Trinajstić information content (AvgIpc) is 3.23. The fraction of sp³-hybridized carbons (Fsp3) is 0.188. The fourth-order valence-corrected chi connectivity index (χ4v) is 2.86. The predicted molar refractivity (Wildman–Crippen MR) is 92.6 cm³/mol. The number of rotatable bonds is 6. The lowest BCUT2D eigenvalue weighted by molar-refractivity contribution is -0.121. The smallest absolute Gasteiger partial charge is 0.240 e. The Hall–Kier alpha value is -2.87. The van der Waals surface area contributed by atoms with E-state index < -0.39 is 0 Å². The summed E-state index contributed by atoms with van der Waals surface area (Å²) in [6, 6.07) is 7.55. The summed E-state index contributed by atoms with van der Waals surface area (Å²) in [4.78, 5) is 21.4. The van der Waals surface area contributed by atoms with Crippen LogP contribution in [0.1, 0.15) is 5.56 Å². The maximum atomic E-state index is 12.2. The molecule has 0 spiro atoms. The van der Waals surface area contributed by atoms with Crippen molar-refractivity contribution < 1.29 is 9.53 Å². The number of carbonyl (C=O) groups excluding carboxylic acids is 1. The molecule has 8 heteroatoms. The first-order chi connectivity index (χ1) is 11.7. The van der Waals surface area contributed by atoms with Crippen molar-refractivity contribution >= 4 is 23.1 Å². The van der Waals surface area contributed by atoms with E-state index in [1.54, 1.807) is 29.6 Å². The van der Waals surface area contributed by atoms with E-state index in [0.717, 1.165) is 16.2 Å². The number of thiazole rings is 1. The molecule has 0 unspecified atom stereocenters. The summed E-state index contributed by atoms with van der Waals surface area (Å²) in [5, 5.41) is 2.89. The highest BCUT2D eigenvalue weighted by molar-refractivity contribution is 7.13. The summed E-state index contributed by atoms with van der Waals surface area (Å²) >= 11 is 1.45. The van der Waals surface area contributed by atoms with Crippen LogP contribution in [0.15, 0.2) is 42.2 Å². The maximum Gasteiger partial charge on any atom is 0.240 e. The van der Waals surface area contributed by atoms with Gasteiger partial charge in [-0.2, -0.15) is 0 Å². The monoisotopic (exact) mass is 343 g/mol. The first-order valence-corrected chi connectivity index (χ1v) is 8.15. The molecule has 0 aliphatic carbocycles. The standard InChI is InChI=1S/C16H17N5O2S/c1-23-12-4-2-11(3-5-12)6-19-15(22)9-21-8-14(17)20-16(21)13-7-18-10-24-13/h2-5,7-8,10H,6,9,17H2,1H3,(H,19,22). The van der Waals surface area contributed by atoms with E-state index in [1.807, 2.05) is 24.3 Å². The van der Waals surface area contributed by atoms with Crippen LogP contribution >= 0.6 is 11.3 Å². The highest BCUT2D eigenvalue weighted by Gasteiger charge is 2.13. The van der Waals surface area contributed by atoms with Crippen LogP contribution in [0.4, 0.5) is 5.82 Å². The Morgan fingerprint density at radius 3 is 2.83 bits per heavy atom. The first kappa shape index (κ1) is 16.0. The SMILES string of the molecule is COc1ccc(CNC(=O)Cn2cc(N)nc2-c2cncs2)cc1. The summed E-state index contributed by atoms with van der Waals surface area (Å²) in [6.45, 7) is 0.594. The Kier molecular flexibility index (Phi) is 4.76. The van der Waals surface area contributed by atoms with Gasteiger partial charge in [0.1, 0.15) is 18.1 Å². The zero-order valence-electron chi connectivity index (χ0n) is 13.1. The lowest BCUT2D eigenvalue weighted by Gasteiger charge is -2.08. The number of nitrogens with one attached hydrogen (secondary N) is 1. The van der Waals surface area contributed by atoms with Gasteiger partial charge in [0.25, 0.3) is 0 Å². The van der Waals surface area contributed by atoms with Gasteiger partial charge in [0, 0.05) is 18.9 Å². The molecular formula is C16H17N5O2S. The number of anilines is 1. The minimum absolute atomic E-state index is 0.117. The van der Waals surface area contributed by atoms with Crippen LogP contribution in [0.2, 0.25) is 0 Å². The molecule has 3 aromatic rings. The van der Waals surface area contributed by atoms with Gasteiger partial charge in [-0.3, -0.25) is 9.78 Å². The lowest BCUT2D eigenvalue weighted by atomic mass is 10.2. The zero-order valence-corrected chi connectivity index (χ0v) is 13.9. The molecule has 2 aromatic heterocycles. The normalized spacial score (nSPS) is 10.5. The van der Waals surface area contributed by atoms with Crippen molar-refractivity contribution in [3.63, 3.8) is 0 Å². The third kappa shape index (κ3) is 3.72. The first-order valence-electron chi connectivity index (χ1n) is 7.27. The number of hydrogen-bond acceptors (Lipinski definition) is 6. The second-order valence-corrected chi connectivity index (χ2v) is 5.99. The topological polar surface area (TPSA) is 95.1 Å². The van der Waals surface area contributed by atoms with E-state index in [0.29, 0.717) is 18.2 Å². The Morgan fingerprint density at radius 2 is 2.17 bits per heavy atom. The molecule has 1 amide bonds. The van der Waals surface area contributed by atoms with Gasteiger partial charge < -0.3 is 20.4 Å². The number of nitrogens with two attached hydrogens (primary N) is 1. The van der Waals surface area contributed by atoms with Crippen LogP contribution in [0.25, 0.3) is 10.7 Å². The van der Waals surface area contributed by atoms with Crippen molar-refractivity contribution in [3.8, 4) is 16.5 Å². The van der Waals surface area contributed by atoms with E-state index in [9.17, 15) is 4.79 Å². The van der Waals surface area contributed by atoms with Gasteiger partial charge in [0.15, 0.2) is 5.82 Å². The molecule has 24 heavy (non-hydrogen) atoms. The number of carbonyl (C=O) groups is 1. The molecule has 124 valence electrons. The van der Waals surface area contributed by atoms with Gasteiger partial charge >= 0.3 is 0 Å². The number of amides is 1. The Morgan fingerprint density at radius 1 is 1.38 bits per heavy atom. The summed E-state index contributed by atoms with van der Waals surface area (Å²) in [5.74, 6) is 1.69. The van der Waals surface area contributed by atoms with E-state index >= 15 is 0 Å². The van der Waals surface area contributed by atoms with Crippen LogP contribution in [-0.2, 0) is 17.9 Å². The van der Waals surface area contributed by atoms with Crippen LogP contribution in [0.5, 0.6) is 5.75 Å². The average molecular weight is 343 g/mol. The van der Waals surface area contributed by atoms with Crippen molar-refractivity contribution in [2.45, 2.75) is 13.1 Å². The van der Waals surface area contributed by atoms with Crippen molar-refractivity contribution in [2.75, 3.05) is 12.8 Å². The number of benzene rings is 1. The molecule has 0 aliphatic rings. The second-order valence-electron chi connectivity index (χ2n) is 5.11. The van der Waals surface area contributed by atoms with Gasteiger partial charge in [0.2, 0.25) is 5.91 Å². The molecule has 3 N–H and O–H groups in total. The van der Waals surface area contributed by atoms with Gasteiger partial charge in [-0.05, 0) is 17.7 Å². The molecule has 0 saturated carbocycles. The molecule has 0 bridgehead atoms. The van der Waals surface area contributed by atoms with Crippen LogP contribution in [-0.4, -0.2) is 27.6 Å². The zero-order chi connectivity index (χ0) is 16.9. The van der Waals surface area contributed by atoms with Gasteiger partial charge in [-0.15, -0.1) is 11.3 Å². The third-order valence-corrected chi connectivity index (χ3v) is 4.18. The van der Waals surface area contributed by atoms with Gasteiger partial charge in [-0.1, -0.05) is 12.1 Å².